The lowest BCUT2D eigenvalue weighted by atomic mass is 9.99. The Labute approximate surface area is 81.4 Å². The zero-order chi connectivity index (χ0) is 10.6. The maximum absolute atomic E-state index is 13.1. The molecule has 0 heterocycles. The average Bonchev–Trinajstić information content (AvgIpc) is 2.18. The van der Waals surface area contributed by atoms with Crippen molar-refractivity contribution in [3.8, 4) is 0 Å². The van der Waals surface area contributed by atoms with Gasteiger partial charge < -0.3 is 10.8 Å². The van der Waals surface area contributed by atoms with E-state index in [0.717, 1.165) is 0 Å². The summed E-state index contributed by atoms with van der Waals surface area (Å²) in [6.45, 7) is 0.0501. The second-order valence-corrected chi connectivity index (χ2v) is 3.19. The van der Waals surface area contributed by atoms with Crippen molar-refractivity contribution in [2.75, 3.05) is 13.2 Å². The van der Waals surface area contributed by atoms with E-state index in [1.807, 2.05) is 0 Å². The molecule has 0 saturated heterocycles. The Morgan fingerprint density at radius 1 is 1.29 bits per heavy atom. The Bertz CT molecular complexity index is 280. The molecule has 1 aromatic carbocycles. The summed E-state index contributed by atoms with van der Waals surface area (Å²) >= 11 is 0. The van der Waals surface area contributed by atoms with Crippen LogP contribution in [-0.2, 0) is 6.42 Å². The SMILES string of the molecule is NCC(CO)Cc1c(F)cccc1F. The lowest BCUT2D eigenvalue weighted by Gasteiger charge is -2.12. The molecule has 0 aliphatic rings. The van der Waals surface area contributed by atoms with E-state index in [-0.39, 0.29) is 31.1 Å². The van der Waals surface area contributed by atoms with E-state index in [4.69, 9.17) is 10.8 Å². The molecular formula is C10H13F2NO. The molecule has 0 spiro atoms. The Morgan fingerprint density at radius 3 is 2.29 bits per heavy atom. The van der Waals surface area contributed by atoms with Crippen molar-refractivity contribution in [3.05, 3.63) is 35.4 Å². The zero-order valence-corrected chi connectivity index (χ0v) is 7.71. The Kier molecular flexibility index (Phi) is 3.98. The van der Waals surface area contributed by atoms with Crippen LogP contribution in [0.25, 0.3) is 0 Å². The van der Waals surface area contributed by atoms with Gasteiger partial charge >= 0.3 is 0 Å². The number of aliphatic hydroxyl groups excluding tert-OH is 1. The van der Waals surface area contributed by atoms with Crippen molar-refractivity contribution < 1.29 is 13.9 Å². The third-order valence-electron chi connectivity index (χ3n) is 2.15. The van der Waals surface area contributed by atoms with E-state index in [1.165, 1.54) is 18.2 Å². The minimum Gasteiger partial charge on any atom is -0.396 e. The van der Waals surface area contributed by atoms with E-state index in [9.17, 15) is 8.78 Å². The van der Waals surface area contributed by atoms with Crippen LogP contribution in [0.5, 0.6) is 0 Å². The number of rotatable bonds is 4. The number of hydrogen-bond acceptors (Lipinski definition) is 2. The Balaban J connectivity index is 2.84. The molecular weight excluding hydrogens is 188 g/mol. The van der Waals surface area contributed by atoms with Gasteiger partial charge in [-0.25, -0.2) is 8.78 Å². The van der Waals surface area contributed by atoms with Gasteiger partial charge in [0.05, 0.1) is 0 Å². The van der Waals surface area contributed by atoms with Crippen LogP contribution in [0.3, 0.4) is 0 Å². The molecule has 0 aliphatic carbocycles. The molecule has 1 atom stereocenters. The molecule has 0 radical (unpaired) electrons. The average molecular weight is 201 g/mol. The summed E-state index contributed by atoms with van der Waals surface area (Å²) in [7, 11) is 0. The van der Waals surface area contributed by atoms with E-state index in [1.54, 1.807) is 0 Å². The first-order valence-electron chi connectivity index (χ1n) is 4.42. The van der Waals surface area contributed by atoms with Gasteiger partial charge in [-0.15, -0.1) is 0 Å². The molecule has 3 N–H and O–H groups in total. The van der Waals surface area contributed by atoms with Gasteiger partial charge in [-0.1, -0.05) is 6.07 Å². The van der Waals surface area contributed by atoms with Crippen LogP contribution >= 0.6 is 0 Å². The van der Waals surface area contributed by atoms with Crippen LogP contribution < -0.4 is 5.73 Å². The molecule has 0 amide bonds. The standard InChI is InChI=1S/C10H13F2NO/c11-9-2-1-3-10(12)8(9)4-7(5-13)6-14/h1-3,7,14H,4-6,13H2. The van der Waals surface area contributed by atoms with Gasteiger partial charge in [-0.2, -0.15) is 0 Å². The topological polar surface area (TPSA) is 46.2 Å². The van der Waals surface area contributed by atoms with Crippen LogP contribution in [0.15, 0.2) is 18.2 Å². The van der Waals surface area contributed by atoms with Gasteiger partial charge in [0.2, 0.25) is 0 Å². The third-order valence-corrected chi connectivity index (χ3v) is 2.15. The fraction of sp³-hybridized carbons (Fsp3) is 0.400. The van der Waals surface area contributed by atoms with E-state index < -0.39 is 11.6 Å². The summed E-state index contributed by atoms with van der Waals surface area (Å²) in [4.78, 5) is 0. The van der Waals surface area contributed by atoms with Crippen LogP contribution in [0.1, 0.15) is 5.56 Å². The lowest BCUT2D eigenvalue weighted by Crippen LogP contribution is -2.21. The fourth-order valence-electron chi connectivity index (χ4n) is 1.24. The molecule has 1 rings (SSSR count). The van der Waals surface area contributed by atoms with Crippen LogP contribution in [0.2, 0.25) is 0 Å². The van der Waals surface area contributed by atoms with E-state index in [0.29, 0.717) is 0 Å². The summed E-state index contributed by atoms with van der Waals surface area (Å²) in [5.74, 6) is -1.46. The minimum absolute atomic E-state index is 0.00278. The zero-order valence-electron chi connectivity index (χ0n) is 7.71. The third kappa shape index (κ3) is 2.49. The highest BCUT2D eigenvalue weighted by Gasteiger charge is 2.13. The highest BCUT2D eigenvalue weighted by molar-refractivity contribution is 5.20. The lowest BCUT2D eigenvalue weighted by molar-refractivity contribution is 0.228. The predicted molar refractivity (Wildman–Crippen MR) is 49.7 cm³/mol. The highest BCUT2D eigenvalue weighted by atomic mass is 19.1. The van der Waals surface area contributed by atoms with E-state index in [2.05, 4.69) is 0 Å². The van der Waals surface area contributed by atoms with Crippen molar-refractivity contribution in [2.45, 2.75) is 6.42 Å². The predicted octanol–water partition coefficient (Wildman–Crippen LogP) is 1.07. The first-order valence-corrected chi connectivity index (χ1v) is 4.42. The van der Waals surface area contributed by atoms with Crippen LogP contribution in [0.4, 0.5) is 8.78 Å². The normalized spacial score (nSPS) is 12.9. The number of hydrogen-bond donors (Lipinski definition) is 2. The van der Waals surface area contributed by atoms with Gasteiger partial charge in [0, 0.05) is 12.2 Å². The van der Waals surface area contributed by atoms with Crippen LogP contribution in [-0.4, -0.2) is 18.3 Å². The quantitative estimate of drug-likeness (QED) is 0.765. The van der Waals surface area contributed by atoms with E-state index >= 15 is 0 Å². The minimum atomic E-state index is -0.586. The van der Waals surface area contributed by atoms with Crippen LogP contribution in [0, 0.1) is 17.6 Å². The largest absolute Gasteiger partial charge is 0.396 e. The van der Waals surface area contributed by atoms with Crippen molar-refractivity contribution in [1.82, 2.24) is 0 Å². The second kappa shape index (κ2) is 5.02. The molecule has 0 aromatic heterocycles. The van der Waals surface area contributed by atoms with Gasteiger partial charge in [0.15, 0.2) is 0 Å². The van der Waals surface area contributed by atoms with Gasteiger partial charge in [0.25, 0.3) is 0 Å². The molecule has 0 saturated carbocycles. The van der Waals surface area contributed by atoms with Crippen molar-refractivity contribution in [3.63, 3.8) is 0 Å². The maximum Gasteiger partial charge on any atom is 0.129 e. The first kappa shape index (κ1) is 11.1. The monoisotopic (exact) mass is 201 g/mol. The highest BCUT2D eigenvalue weighted by Crippen LogP contribution is 2.16. The number of aliphatic hydroxyl groups is 1. The van der Waals surface area contributed by atoms with Crippen molar-refractivity contribution in [2.24, 2.45) is 11.7 Å². The fourth-order valence-corrected chi connectivity index (χ4v) is 1.24. The smallest absolute Gasteiger partial charge is 0.129 e. The molecule has 4 heteroatoms. The molecule has 2 nitrogen and oxygen atoms in total. The summed E-state index contributed by atoms with van der Waals surface area (Å²) in [5, 5.41) is 8.84. The molecule has 14 heavy (non-hydrogen) atoms. The Morgan fingerprint density at radius 2 is 1.86 bits per heavy atom. The molecule has 1 unspecified atom stereocenters. The van der Waals surface area contributed by atoms with Gasteiger partial charge in [-0.3, -0.25) is 0 Å². The summed E-state index contributed by atoms with van der Waals surface area (Å²) in [6, 6.07) is 3.71. The van der Waals surface area contributed by atoms with Crippen molar-refractivity contribution in [1.29, 1.82) is 0 Å². The van der Waals surface area contributed by atoms with Gasteiger partial charge in [-0.05, 0) is 31.0 Å². The number of benzene rings is 1. The molecule has 0 aliphatic heterocycles. The first-order chi connectivity index (χ1) is 6.69. The summed E-state index contributed by atoms with van der Waals surface area (Å²) < 4.78 is 26.2. The molecule has 0 bridgehead atoms. The summed E-state index contributed by atoms with van der Waals surface area (Å²) in [5.41, 5.74) is 5.32. The van der Waals surface area contributed by atoms with Crippen molar-refractivity contribution >= 4 is 0 Å². The number of halogens is 2. The molecule has 78 valence electrons. The summed E-state index contributed by atoms with van der Waals surface area (Å²) in [6.07, 6.45) is 0.130. The second-order valence-electron chi connectivity index (χ2n) is 3.19. The Hall–Kier alpha value is -1.00. The van der Waals surface area contributed by atoms with Gasteiger partial charge in [0.1, 0.15) is 11.6 Å². The molecule has 0 fully saturated rings. The molecule has 1 aromatic rings. The maximum atomic E-state index is 13.1. The number of nitrogens with two attached hydrogens (primary N) is 1.